The van der Waals surface area contributed by atoms with E-state index < -0.39 is 0 Å². The smallest absolute Gasteiger partial charge is 0.123 e. The van der Waals surface area contributed by atoms with Gasteiger partial charge in [-0.05, 0) is 25.0 Å². The first-order chi connectivity index (χ1) is 5.77. The largest absolute Gasteiger partial charge is 0.489 e. The third-order valence-corrected chi connectivity index (χ3v) is 2.34. The minimum absolute atomic E-state index is 0. The minimum atomic E-state index is 0. The van der Waals surface area contributed by atoms with Gasteiger partial charge in [-0.1, -0.05) is 18.2 Å². The Labute approximate surface area is 84.5 Å². The molecule has 1 aliphatic rings. The van der Waals surface area contributed by atoms with E-state index in [1.807, 2.05) is 25.1 Å². The summed E-state index contributed by atoms with van der Waals surface area (Å²) >= 11 is 0. The van der Waals surface area contributed by atoms with Gasteiger partial charge in [-0.2, -0.15) is 0 Å². The highest BCUT2D eigenvalue weighted by Gasteiger charge is 2.22. The molecular weight excluding hydrogens is 186 g/mol. The quantitative estimate of drug-likeness (QED) is 0.691. The average Bonchev–Trinajstić information content (AvgIpc) is 2.07. The van der Waals surface area contributed by atoms with Crippen LogP contribution in [0.15, 0.2) is 24.3 Å². The standard InChI is InChI=1S/C10H13NO.ClH/c1-7-9(11)6-8-4-2-3-5-10(8)12-7;/h2-5,7,9H,6,11H2,1H3;1H/t7-,9+;/m0./s1. The van der Waals surface area contributed by atoms with Gasteiger partial charge in [0.15, 0.2) is 0 Å². The topological polar surface area (TPSA) is 35.2 Å². The zero-order valence-electron chi connectivity index (χ0n) is 7.57. The molecule has 2 rings (SSSR count). The van der Waals surface area contributed by atoms with Gasteiger partial charge in [0.2, 0.25) is 0 Å². The summed E-state index contributed by atoms with van der Waals surface area (Å²) in [5, 5.41) is 0. The number of halogens is 1. The Bertz CT molecular complexity index is 261. The zero-order valence-corrected chi connectivity index (χ0v) is 8.38. The number of hydrogen-bond acceptors (Lipinski definition) is 2. The van der Waals surface area contributed by atoms with Crippen molar-refractivity contribution in [1.82, 2.24) is 0 Å². The second kappa shape index (κ2) is 3.99. The molecule has 72 valence electrons. The molecule has 1 aliphatic heterocycles. The van der Waals surface area contributed by atoms with E-state index in [0.29, 0.717) is 0 Å². The number of nitrogens with two attached hydrogens (primary N) is 1. The molecule has 0 unspecified atom stereocenters. The number of fused-ring (bicyclic) bond motifs is 1. The lowest BCUT2D eigenvalue weighted by Crippen LogP contribution is -2.41. The monoisotopic (exact) mass is 199 g/mol. The third kappa shape index (κ3) is 1.95. The van der Waals surface area contributed by atoms with Crippen LogP contribution >= 0.6 is 12.4 Å². The van der Waals surface area contributed by atoms with Gasteiger partial charge in [0.25, 0.3) is 0 Å². The average molecular weight is 200 g/mol. The van der Waals surface area contributed by atoms with E-state index in [4.69, 9.17) is 10.5 Å². The Morgan fingerprint density at radius 3 is 2.85 bits per heavy atom. The van der Waals surface area contributed by atoms with Gasteiger partial charge in [-0.15, -0.1) is 12.4 Å². The maximum Gasteiger partial charge on any atom is 0.123 e. The molecule has 0 fully saturated rings. The molecule has 1 aromatic rings. The normalized spacial score (nSPS) is 25.4. The van der Waals surface area contributed by atoms with Crippen LogP contribution < -0.4 is 10.5 Å². The van der Waals surface area contributed by atoms with Crippen LogP contribution in [0.25, 0.3) is 0 Å². The van der Waals surface area contributed by atoms with Crippen molar-refractivity contribution >= 4 is 12.4 Å². The van der Waals surface area contributed by atoms with Crippen LogP contribution in [0.3, 0.4) is 0 Å². The van der Waals surface area contributed by atoms with E-state index in [0.717, 1.165) is 12.2 Å². The molecule has 2 nitrogen and oxygen atoms in total. The summed E-state index contributed by atoms with van der Waals surface area (Å²) in [6.07, 6.45) is 1.07. The van der Waals surface area contributed by atoms with Crippen molar-refractivity contribution in [2.75, 3.05) is 0 Å². The van der Waals surface area contributed by atoms with Crippen LogP contribution in [-0.4, -0.2) is 12.1 Å². The van der Waals surface area contributed by atoms with Crippen molar-refractivity contribution in [3.8, 4) is 5.75 Å². The number of benzene rings is 1. The number of ether oxygens (including phenoxy) is 1. The second-order valence-corrected chi connectivity index (χ2v) is 3.30. The fourth-order valence-corrected chi connectivity index (χ4v) is 1.50. The Morgan fingerprint density at radius 2 is 2.08 bits per heavy atom. The molecule has 0 aromatic heterocycles. The molecule has 0 spiro atoms. The van der Waals surface area contributed by atoms with Crippen LogP contribution in [0.5, 0.6) is 5.75 Å². The Kier molecular flexibility index (Phi) is 3.17. The first-order valence-corrected chi connectivity index (χ1v) is 4.27. The van der Waals surface area contributed by atoms with Crippen molar-refractivity contribution in [1.29, 1.82) is 0 Å². The van der Waals surface area contributed by atoms with E-state index in [2.05, 4.69) is 6.07 Å². The fraction of sp³-hybridized carbons (Fsp3) is 0.400. The van der Waals surface area contributed by atoms with Gasteiger partial charge in [-0.3, -0.25) is 0 Å². The molecule has 1 aromatic carbocycles. The van der Waals surface area contributed by atoms with E-state index in [-0.39, 0.29) is 24.6 Å². The summed E-state index contributed by atoms with van der Waals surface area (Å²) in [4.78, 5) is 0. The second-order valence-electron chi connectivity index (χ2n) is 3.30. The molecule has 0 saturated heterocycles. The van der Waals surface area contributed by atoms with E-state index in [1.54, 1.807) is 0 Å². The molecule has 13 heavy (non-hydrogen) atoms. The summed E-state index contributed by atoms with van der Waals surface area (Å²) in [5.41, 5.74) is 7.09. The van der Waals surface area contributed by atoms with Crippen molar-refractivity contribution in [3.05, 3.63) is 29.8 Å². The number of para-hydroxylation sites is 1. The molecule has 0 aliphatic carbocycles. The molecule has 0 amide bonds. The Morgan fingerprint density at radius 1 is 1.38 bits per heavy atom. The molecule has 3 heteroatoms. The summed E-state index contributed by atoms with van der Waals surface area (Å²) in [6, 6.07) is 8.21. The fourth-order valence-electron chi connectivity index (χ4n) is 1.50. The summed E-state index contributed by atoms with van der Waals surface area (Å²) in [6.45, 7) is 2.01. The summed E-state index contributed by atoms with van der Waals surface area (Å²) in [5.74, 6) is 0.992. The first-order valence-electron chi connectivity index (χ1n) is 4.27. The molecule has 2 N–H and O–H groups in total. The first kappa shape index (κ1) is 10.4. The lowest BCUT2D eigenvalue weighted by molar-refractivity contribution is 0.169. The molecule has 0 saturated carbocycles. The van der Waals surface area contributed by atoms with Gasteiger partial charge >= 0.3 is 0 Å². The van der Waals surface area contributed by atoms with Crippen molar-refractivity contribution in [2.45, 2.75) is 25.5 Å². The SMILES string of the molecule is C[C@@H]1Oc2ccccc2C[C@H]1N.Cl. The highest BCUT2D eigenvalue weighted by atomic mass is 35.5. The maximum atomic E-state index is 5.87. The summed E-state index contributed by atoms with van der Waals surface area (Å²) < 4.78 is 5.62. The van der Waals surface area contributed by atoms with E-state index in [1.165, 1.54) is 5.56 Å². The van der Waals surface area contributed by atoms with Gasteiger partial charge < -0.3 is 10.5 Å². The zero-order chi connectivity index (χ0) is 8.55. The lowest BCUT2D eigenvalue weighted by atomic mass is 9.99. The molecule has 0 radical (unpaired) electrons. The predicted molar refractivity (Wildman–Crippen MR) is 55.5 cm³/mol. The number of rotatable bonds is 0. The van der Waals surface area contributed by atoms with Crippen LogP contribution in [-0.2, 0) is 6.42 Å². The number of hydrogen-bond donors (Lipinski definition) is 1. The molecule has 2 atom stereocenters. The van der Waals surface area contributed by atoms with Crippen molar-refractivity contribution < 1.29 is 4.74 Å². The lowest BCUT2D eigenvalue weighted by Gasteiger charge is -2.28. The predicted octanol–water partition coefficient (Wildman–Crippen LogP) is 1.76. The van der Waals surface area contributed by atoms with Gasteiger partial charge in [0, 0.05) is 6.04 Å². The van der Waals surface area contributed by atoms with Crippen LogP contribution in [0.2, 0.25) is 0 Å². The van der Waals surface area contributed by atoms with Gasteiger partial charge in [-0.25, -0.2) is 0 Å². The molecular formula is C10H14ClNO. The van der Waals surface area contributed by atoms with Crippen molar-refractivity contribution in [2.24, 2.45) is 5.73 Å². The van der Waals surface area contributed by atoms with Gasteiger partial charge in [0.05, 0.1) is 0 Å². The minimum Gasteiger partial charge on any atom is -0.489 e. The van der Waals surface area contributed by atoms with Crippen LogP contribution in [0, 0.1) is 0 Å². The highest BCUT2D eigenvalue weighted by molar-refractivity contribution is 5.85. The van der Waals surface area contributed by atoms with Gasteiger partial charge in [0.1, 0.15) is 11.9 Å². The van der Waals surface area contributed by atoms with Crippen LogP contribution in [0.4, 0.5) is 0 Å². The van der Waals surface area contributed by atoms with Crippen molar-refractivity contribution in [3.63, 3.8) is 0 Å². The van der Waals surface area contributed by atoms with E-state index >= 15 is 0 Å². The third-order valence-electron chi connectivity index (χ3n) is 2.34. The Balaban J connectivity index is 0.000000845. The van der Waals surface area contributed by atoms with E-state index in [9.17, 15) is 0 Å². The molecule has 0 bridgehead atoms. The molecule has 1 heterocycles. The Hall–Kier alpha value is -0.730. The van der Waals surface area contributed by atoms with Crippen LogP contribution in [0.1, 0.15) is 12.5 Å². The maximum absolute atomic E-state index is 5.87. The highest BCUT2D eigenvalue weighted by Crippen LogP contribution is 2.26. The summed E-state index contributed by atoms with van der Waals surface area (Å²) in [7, 11) is 0.